The first-order chi connectivity index (χ1) is 25.4. The lowest BCUT2D eigenvalue weighted by atomic mass is 10.1. The Balaban J connectivity index is 1.23. The Labute approximate surface area is 309 Å². The molecule has 9 nitrogen and oxygen atoms in total. The number of hydrogen-bond donors (Lipinski definition) is 3. The topological polar surface area (TPSA) is 119 Å². The molecule has 6 rings (SSSR count). The molecule has 260 valence electrons. The average molecular weight is 727 g/mol. The van der Waals surface area contributed by atoms with E-state index >= 15 is 0 Å². The van der Waals surface area contributed by atoms with Gasteiger partial charge in [0.15, 0.2) is 5.13 Å². The summed E-state index contributed by atoms with van der Waals surface area (Å²) in [7, 11) is 3.06. The number of carbonyl (C=O) groups excluding carboxylic acids is 3. The molecule has 1 aromatic heterocycles. The van der Waals surface area contributed by atoms with Gasteiger partial charge in [0.25, 0.3) is 11.8 Å². The van der Waals surface area contributed by atoms with Gasteiger partial charge in [0, 0.05) is 38.7 Å². The number of ether oxygens (including phenoxy) is 2. The van der Waals surface area contributed by atoms with Gasteiger partial charge in [-0.15, -0.1) is 23.1 Å². The summed E-state index contributed by atoms with van der Waals surface area (Å²) in [6.45, 7) is 0. The zero-order valence-electron chi connectivity index (χ0n) is 28.2. The van der Waals surface area contributed by atoms with Crippen LogP contribution in [-0.4, -0.2) is 36.9 Å². The van der Waals surface area contributed by atoms with E-state index in [0.29, 0.717) is 33.4 Å². The van der Waals surface area contributed by atoms with Crippen LogP contribution in [0.15, 0.2) is 149 Å². The molecule has 0 bridgehead atoms. The molecule has 1 heterocycles. The molecule has 0 aliphatic carbocycles. The van der Waals surface area contributed by atoms with Crippen LogP contribution in [0, 0.1) is 0 Å². The second-order valence-electron chi connectivity index (χ2n) is 11.3. The van der Waals surface area contributed by atoms with Crippen LogP contribution in [0.3, 0.4) is 0 Å². The quantitative estimate of drug-likeness (QED) is 0.0805. The minimum absolute atomic E-state index is 0.00441. The van der Waals surface area contributed by atoms with Gasteiger partial charge in [0.05, 0.1) is 19.9 Å². The fourth-order valence-corrected chi connectivity index (χ4v) is 6.97. The van der Waals surface area contributed by atoms with Crippen molar-refractivity contribution >= 4 is 57.7 Å². The summed E-state index contributed by atoms with van der Waals surface area (Å²) < 4.78 is 10.9. The number of hydrogen-bond acceptors (Lipinski definition) is 8. The van der Waals surface area contributed by atoms with E-state index in [1.807, 2.05) is 72.1 Å². The lowest BCUT2D eigenvalue weighted by Gasteiger charge is -2.17. The van der Waals surface area contributed by atoms with E-state index in [4.69, 9.17) is 9.47 Å². The van der Waals surface area contributed by atoms with Gasteiger partial charge in [-0.05, 0) is 54.1 Å². The summed E-state index contributed by atoms with van der Waals surface area (Å²) >= 11 is 2.70. The number of carbonyl (C=O) groups is 3. The highest BCUT2D eigenvalue weighted by atomic mass is 32.2. The number of thioether (sulfide) groups is 1. The SMILES string of the molecule is COc1ccc(/C=C(/NC(=O)c2ccccc2)C(=O)Nc2cccc(SC(C(=O)Nc3nc(-c4ccccc4)cs3)c3ccccc3)c2)c(OC)c1. The Morgan fingerprint density at radius 1 is 0.769 bits per heavy atom. The normalized spacial score (nSPS) is 11.6. The average Bonchev–Trinajstić information content (AvgIpc) is 3.66. The number of aromatic nitrogens is 1. The molecule has 1 atom stereocenters. The summed E-state index contributed by atoms with van der Waals surface area (Å²) in [6.07, 6.45) is 1.55. The van der Waals surface area contributed by atoms with Gasteiger partial charge >= 0.3 is 0 Å². The third-order valence-electron chi connectivity index (χ3n) is 7.76. The monoisotopic (exact) mass is 726 g/mol. The van der Waals surface area contributed by atoms with E-state index < -0.39 is 17.1 Å². The largest absolute Gasteiger partial charge is 0.497 e. The van der Waals surface area contributed by atoms with E-state index in [1.165, 1.54) is 30.2 Å². The lowest BCUT2D eigenvalue weighted by molar-refractivity contribution is -0.116. The molecule has 0 saturated heterocycles. The van der Waals surface area contributed by atoms with Gasteiger partial charge in [-0.25, -0.2) is 4.98 Å². The number of nitrogens with one attached hydrogen (secondary N) is 3. The van der Waals surface area contributed by atoms with Crippen molar-refractivity contribution in [1.29, 1.82) is 0 Å². The van der Waals surface area contributed by atoms with Gasteiger partial charge in [-0.2, -0.15) is 0 Å². The standard InChI is InChI=1S/C41H34N4O5S2/c1-49-32-22-21-30(36(25-32)50-2)23-34(43-38(46)29-17-10-5-11-18-29)39(47)42-31-19-12-20-33(24-31)52-37(28-15-8-4-9-16-28)40(48)45-41-44-35(26-51-41)27-13-6-3-7-14-27/h3-26,37H,1-2H3,(H,42,47)(H,43,46)(H,44,45,48)/b34-23+. The highest BCUT2D eigenvalue weighted by molar-refractivity contribution is 8.00. The van der Waals surface area contributed by atoms with Crippen LogP contribution in [0.25, 0.3) is 17.3 Å². The molecule has 3 amide bonds. The molecule has 52 heavy (non-hydrogen) atoms. The molecule has 0 aliphatic heterocycles. The fourth-order valence-electron chi connectivity index (χ4n) is 5.16. The van der Waals surface area contributed by atoms with Crippen molar-refractivity contribution in [2.75, 3.05) is 24.9 Å². The first-order valence-electron chi connectivity index (χ1n) is 16.1. The van der Waals surface area contributed by atoms with E-state index in [-0.39, 0.29) is 11.6 Å². The number of thiazole rings is 1. The third kappa shape index (κ3) is 9.13. The Morgan fingerprint density at radius 2 is 1.48 bits per heavy atom. The summed E-state index contributed by atoms with van der Waals surface area (Å²) in [6, 6.07) is 40.2. The summed E-state index contributed by atoms with van der Waals surface area (Å²) in [4.78, 5) is 46.2. The number of benzene rings is 5. The Morgan fingerprint density at radius 3 is 2.19 bits per heavy atom. The lowest BCUT2D eigenvalue weighted by Crippen LogP contribution is -2.30. The number of amides is 3. The molecule has 0 fully saturated rings. The van der Waals surface area contributed by atoms with Crippen LogP contribution in [0.2, 0.25) is 0 Å². The van der Waals surface area contributed by atoms with Crippen LogP contribution >= 0.6 is 23.1 Å². The Bertz CT molecular complexity index is 2190. The van der Waals surface area contributed by atoms with E-state index in [2.05, 4.69) is 20.9 Å². The van der Waals surface area contributed by atoms with Crippen LogP contribution < -0.4 is 25.4 Å². The van der Waals surface area contributed by atoms with Crippen molar-refractivity contribution < 1.29 is 23.9 Å². The molecular formula is C41H34N4O5S2. The molecule has 0 aliphatic rings. The minimum atomic E-state index is -0.626. The van der Waals surface area contributed by atoms with E-state index in [1.54, 1.807) is 79.9 Å². The van der Waals surface area contributed by atoms with Crippen LogP contribution in [0.4, 0.5) is 10.8 Å². The fraction of sp³-hybridized carbons (Fsp3) is 0.0732. The van der Waals surface area contributed by atoms with E-state index in [9.17, 15) is 14.4 Å². The van der Waals surface area contributed by atoms with E-state index in [0.717, 1.165) is 21.7 Å². The Hall–Kier alpha value is -6.17. The molecule has 1 unspecified atom stereocenters. The Kier molecular flexibility index (Phi) is 11.8. The van der Waals surface area contributed by atoms with Gasteiger partial charge in [-0.3, -0.25) is 14.4 Å². The van der Waals surface area contributed by atoms with Crippen LogP contribution in [0.1, 0.15) is 26.7 Å². The van der Waals surface area contributed by atoms with Gasteiger partial charge in [0.2, 0.25) is 5.91 Å². The predicted molar refractivity (Wildman–Crippen MR) is 208 cm³/mol. The summed E-state index contributed by atoms with van der Waals surface area (Å²) in [5.41, 5.74) is 3.97. The van der Waals surface area contributed by atoms with Gasteiger partial charge in [-0.1, -0.05) is 84.9 Å². The maximum Gasteiger partial charge on any atom is 0.272 e. The zero-order chi connectivity index (χ0) is 36.3. The van der Waals surface area contributed by atoms with Crippen molar-refractivity contribution in [3.63, 3.8) is 0 Å². The number of rotatable bonds is 13. The first-order valence-corrected chi connectivity index (χ1v) is 17.9. The van der Waals surface area contributed by atoms with Gasteiger partial charge in [0.1, 0.15) is 22.4 Å². The minimum Gasteiger partial charge on any atom is -0.497 e. The molecule has 0 saturated carbocycles. The molecule has 3 N–H and O–H groups in total. The molecule has 5 aromatic carbocycles. The van der Waals surface area contributed by atoms with Crippen molar-refractivity contribution in [3.8, 4) is 22.8 Å². The molecule has 0 radical (unpaired) electrons. The number of methoxy groups -OCH3 is 2. The zero-order valence-corrected chi connectivity index (χ0v) is 29.9. The second kappa shape index (κ2) is 17.2. The highest BCUT2D eigenvalue weighted by Crippen LogP contribution is 2.38. The number of anilines is 2. The van der Waals surface area contributed by atoms with Crippen LogP contribution in [0.5, 0.6) is 11.5 Å². The van der Waals surface area contributed by atoms with Crippen molar-refractivity contribution in [1.82, 2.24) is 10.3 Å². The number of nitrogens with zero attached hydrogens (tertiary/aromatic N) is 1. The summed E-state index contributed by atoms with van der Waals surface area (Å²) in [5, 5.41) is 10.5. The predicted octanol–water partition coefficient (Wildman–Crippen LogP) is 8.71. The smallest absolute Gasteiger partial charge is 0.272 e. The third-order valence-corrected chi connectivity index (χ3v) is 9.77. The first kappa shape index (κ1) is 35.6. The molecular weight excluding hydrogens is 693 g/mol. The maximum atomic E-state index is 13.8. The van der Waals surface area contributed by atoms with Crippen molar-refractivity contribution in [2.24, 2.45) is 0 Å². The maximum absolute atomic E-state index is 13.8. The molecule has 6 aromatic rings. The molecule has 11 heteroatoms. The van der Waals surface area contributed by atoms with Crippen LogP contribution in [-0.2, 0) is 9.59 Å². The van der Waals surface area contributed by atoms with Gasteiger partial charge < -0.3 is 25.4 Å². The van der Waals surface area contributed by atoms with Crippen molar-refractivity contribution in [3.05, 3.63) is 161 Å². The summed E-state index contributed by atoms with van der Waals surface area (Å²) in [5.74, 6) is -0.210. The molecule has 0 spiro atoms. The highest BCUT2D eigenvalue weighted by Gasteiger charge is 2.24. The second-order valence-corrected chi connectivity index (χ2v) is 13.3. The van der Waals surface area contributed by atoms with Crippen molar-refractivity contribution in [2.45, 2.75) is 10.1 Å².